The molecule has 2 aliphatic carbocycles. The van der Waals surface area contributed by atoms with E-state index in [1.54, 1.807) is 18.2 Å². The van der Waals surface area contributed by atoms with E-state index in [9.17, 15) is 19.2 Å². The Morgan fingerprint density at radius 2 is 1.79 bits per heavy atom. The van der Waals surface area contributed by atoms with Gasteiger partial charge in [0.2, 0.25) is 11.8 Å². The number of aromatic amines is 1. The lowest BCUT2D eigenvalue weighted by Gasteiger charge is -2.35. The van der Waals surface area contributed by atoms with Crippen molar-refractivity contribution in [3.05, 3.63) is 59.7 Å². The van der Waals surface area contributed by atoms with Crippen molar-refractivity contribution in [2.75, 3.05) is 11.9 Å². The number of amides is 4. The summed E-state index contributed by atoms with van der Waals surface area (Å²) in [6, 6.07) is 6.53. The molecule has 1 unspecified atom stereocenters. The highest BCUT2D eigenvalue weighted by Crippen LogP contribution is 2.45. The van der Waals surface area contributed by atoms with Crippen LogP contribution in [-0.4, -0.2) is 66.1 Å². The monoisotopic (exact) mass is 564 g/mol. The van der Waals surface area contributed by atoms with Crippen LogP contribution in [0.15, 0.2) is 42.9 Å². The molecule has 1 aromatic carbocycles. The second-order valence-corrected chi connectivity index (χ2v) is 11.8. The Kier molecular flexibility index (Phi) is 5.53. The van der Waals surface area contributed by atoms with Crippen LogP contribution in [0.25, 0.3) is 22.2 Å². The number of benzene rings is 1. The first-order valence-electron chi connectivity index (χ1n) is 14.4. The molecule has 1 saturated heterocycles. The first kappa shape index (κ1) is 24.9. The number of anilines is 1. The summed E-state index contributed by atoms with van der Waals surface area (Å²) in [5.41, 5.74) is 5.39. The zero-order valence-corrected chi connectivity index (χ0v) is 22.7. The topological polar surface area (TPSA) is 155 Å². The fourth-order valence-electron chi connectivity index (χ4n) is 6.36. The van der Waals surface area contributed by atoms with Crippen LogP contribution in [0.4, 0.5) is 5.69 Å². The summed E-state index contributed by atoms with van der Waals surface area (Å²) < 4.78 is 2.12. The van der Waals surface area contributed by atoms with Gasteiger partial charge in [0.15, 0.2) is 0 Å². The van der Waals surface area contributed by atoms with E-state index in [0.29, 0.717) is 17.9 Å². The fourth-order valence-corrected chi connectivity index (χ4v) is 6.36. The van der Waals surface area contributed by atoms with E-state index < -0.39 is 29.7 Å². The number of imide groups is 2. The quantitative estimate of drug-likeness (QED) is 0.289. The van der Waals surface area contributed by atoms with Crippen molar-refractivity contribution >= 4 is 40.2 Å². The first-order chi connectivity index (χ1) is 20.4. The van der Waals surface area contributed by atoms with Crippen molar-refractivity contribution in [1.82, 2.24) is 35.2 Å². The van der Waals surface area contributed by atoms with E-state index in [4.69, 9.17) is 5.10 Å². The molecule has 1 atom stereocenters. The van der Waals surface area contributed by atoms with Gasteiger partial charge in [0, 0.05) is 41.7 Å². The molecular formula is C30H28N8O4. The van der Waals surface area contributed by atoms with E-state index in [0.717, 1.165) is 70.7 Å². The number of rotatable bonds is 7. The molecule has 2 aliphatic heterocycles. The van der Waals surface area contributed by atoms with Gasteiger partial charge in [-0.05, 0) is 62.3 Å². The molecule has 12 nitrogen and oxygen atoms in total. The molecule has 42 heavy (non-hydrogen) atoms. The van der Waals surface area contributed by atoms with Gasteiger partial charge in [0.25, 0.3) is 11.8 Å². The van der Waals surface area contributed by atoms with Crippen LogP contribution in [0, 0.1) is 5.92 Å². The predicted molar refractivity (Wildman–Crippen MR) is 150 cm³/mol. The van der Waals surface area contributed by atoms with E-state index in [-0.39, 0.29) is 24.0 Å². The third-order valence-electron chi connectivity index (χ3n) is 8.94. The first-order valence-corrected chi connectivity index (χ1v) is 14.4. The smallest absolute Gasteiger partial charge is 0.262 e. The minimum Gasteiger partial charge on any atom is -0.385 e. The Bertz CT molecular complexity index is 1800. The van der Waals surface area contributed by atoms with Crippen molar-refractivity contribution in [3.63, 3.8) is 0 Å². The molecule has 3 aromatic heterocycles. The van der Waals surface area contributed by atoms with E-state index in [1.165, 1.54) is 0 Å². The Hall–Kier alpha value is -4.87. The van der Waals surface area contributed by atoms with Gasteiger partial charge in [-0.25, -0.2) is 0 Å². The number of carbonyl (C=O) groups excluding carboxylic acids is 4. The van der Waals surface area contributed by atoms with Gasteiger partial charge in [-0.2, -0.15) is 10.2 Å². The number of pyridine rings is 1. The highest BCUT2D eigenvalue weighted by atomic mass is 16.2. The lowest BCUT2D eigenvalue weighted by Crippen LogP contribution is -2.54. The summed E-state index contributed by atoms with van der Waals surface area (Å²) in [4.78, 5) is 55.6. The number of H-pyrrole nitrogens is 1. The van der Waals surface area contributed by atoms with Crippen LogP contribution in [0.5, 0.6) is 0 Å². The minimum atomic E-state index is -0.967. The van der Waals surface area contributed by atoms with Crippen LogP contribution in [0.3, 0.4) is 0 Å². The lowest BCUT2D eigenvalue weighted by molar-refractivity contribution is -0.136. The van der Waals surface area contributed by atoms with Crippen molar-refractivity contribution < 1.29 is 19.2 Å². The van der Waals surface area contributed by atoms with E-state index in [1.807, 2.05) is 12.4 Å². The Labute approximate surface area is 239 Å². The number of hydrogen-bond donors (Lipinski definition) is 3. The Morgan fingerprint density at radius 1 is 0.952 bits per heavy atom. The van der Waals surface area contributed by atoms with Gasteiger partial charge in [0.1, 0.15) is 6.04 Å². The third kappa shape index (κ3) is 4.08. The molecule has 4 aliphatic rings. The summed E-state index contributed by atoms with van der Waals surface area (Å²) in [5, 5.41) is 18.8. The fraction of sp³-hybridized carbons (Fsp3) is 0.367. The molecule has 212 valence electrons. The molecule has 4 aromatic rings. The molecule has 0 spiro atoms. The average Bonchev–Trinajstić information content (AvgIpc) is 3.44. The van der Waals surface area contributed by atoms with E-state index >= 15 is 0 Å². The van der Waals surface area contributed by atoms with Crippen molar-refractivity contribution in [2.45, 2.75) is 56.5 Å². The second-order valence-electron chi connectivity index (χ2n) is 11.8. The molecule has 0 bridgehead atoms. The standard InChI is InChI=1S/C30H28N8O4/c39-26-6-5-25(28(40)34-26)38-29(41)20-4-3-18(10-21(20)30(38)42)31-11-15-7-19(8-15)37-14-22(27(36-37)16-1-2-16)23-9-17-12-33-35-24(17)13-32-23/h3-4,9-10,12-16,19,25,31H,1-2,5-8,11H2,(H,33,35)(H,34,39,40)/t15-,19-,25?. The van der Waals surface area contributed by atoms with Gasteiger partial charge >= 0.3 is 0 Å². The normalized spacial score (nSPS) is 23.7. The minimum absolute atomic E-state index is 0.0959. The predicted octanol–water partition coefficient (Wildman–Crippen LogP) is 3.16. The summed E-state index contributed by atoms with van der Waals surface area (Å²) in [5.74, 6) is -1.05. The number of nitrogens with zero attached hydrogens (tertiary/aromatic N) is 5. The van der Waals surface area contributed by atoms with Crippen LogP contribution in [0.2, 0.25) is 0 Å². The molecule has 3 N–H and O–H groups in total. The number of aromatic nitrogens is 5. The number of fused-ring (bicyclic) bond motifs is 2. The molecule has 12 heteroatoms. The van der Waals surface area contributed by atoms with Crippen molar-refractivity contribution in [2.24, 2.45) is 5.92 Å². The molecular weight excluding hydrogens is 536 g/mol. The zero-order valence-electron chi connectivity index (χ0n) is 22.7. The highest BCUT2D eigenvalue weighted by Gasteiger charge is 2.44. The average molecular weight is 565 g/mol. The zero-order chi connectivity index (χ0) is 28.5. The maximum absolute atomic E-state index is 13.1. The van der Waals surface area contributed by atoms with Crippen molar-refractivity contribution in [3.8, 4) is 11.3 Å². The summed E-state index contributed by atoms with van der Waals surface area (Å²) in [7, 11) is 0. The molecule has 3 fully saturated rings. The maximum Gasteiger partial charge on any atom is 0.262 e. The van der Waals surface area contributed by atoms with Crippen LogP contribution < -0.4 is 10.6 Å². The van der Waals surface area contributed by atoms with E-state index in [2.05, 4.69) is 42.8 Å². The third-order valence-corrected chi connectivity index (χ3v) is 8.94. The summed E-state index contributed by atoms with van der Waals surface area (Å²) in [6.45, 7) is 0.733. The van der Waals surface area contributed by atoms with Crippen molar-refractivity contribution in [1.29, 1.82) is 0 Å². The SMILES string of the molecule is O=C1CCC(N2C(=O)c3ccc(NC[C@H]4C[C@H](n5cc(-c6cc7cn[nH]c7cn6)c(C6CC6)n5)C4)cc3C2=O)C(=O)N1. The Morgan fingerprint density at radius 3 is 2.60 bits per heavy atom. The van der Waals surface area contributed by atoms with Gasteiger partial charge < -0.3 is 5.32 Å². The molecule has 5 heterocycles. The Balaban J connectivity index is 0.921. The molecule has 8 rings (SSSR count). The number of nitrogens with one attached hydrogen (secondary N) is 3. The highest BCUT2D eigenvalue weighted by molar-refractivity contribution is 6.23. The second kappa shape index (κ2) is 9.33. The maximum atomic E-state index is 13.1. The lowest BCUT2D eigenvalue weighted by atomic mass is 9.80. The van der Waals surface area contributed by atoms with Gasteiger partial charge in [-0.3, -0.25) is 44.2 Å². The van der Waals surface area contributed by atoms with Crippen LogP contribution in [0.1, 0.15) is 76.9 Å². The van der Waals surface area contributed by atoms with Crippen LogP contribution >= 0.6 is 0 Å². The number of carbonyl (C=O) groups is 4. The van der Waals surface area contributed by atoms with Gasteiger partial charge in [-0.1, -0.05) is 0 Å². The molecule has 4 amide bonds. The number of piperidine rings is 1. The van der Waals surface area contributed by atoms with Gasteiger partial charge in [0.05, 0.1) is 46.5 Å². The summed E-state index contributed by atoms with van der Waals surface area (Å²) in [6.07, 6.45) is 10.3. The largest absolute Gasteiger partial charge is 0.385 e. The molecule has 2 saturated carbocycles. The van der Waals surface area contributed by atoms with Crippen LogP contribution in [-0.2, 0) is 9.59 Å². The van der Waals surface area contributed by atoms with Gasteiger partial charge in [-0.15, -0.1) is 0 Å². The molecule has 0 radical (unpaired) electrons. The number of hydrogen-bond acceptors (Lipinski definition) is 8. The summed E-state index contributed by atoms with van der Waals surface area (Å²) >= 11 is 0.